The maximum Gasteiger partial charge on any atom is 0.323 e. The van der Waals surface area contributed by atoms with E-state index >= 15 is 0 Å². The molecule has 0 aromatic carbocycles. The Morgan fingerprint density at radius 1 is 1.18 bits per heavy atom. The molecule has 0 aliphatic rings. The molecule has 62 valence electrons. The molecule has 3 nitrogen and oxygen atoms in total. The van der Waals surface area contributed by atoms with Crippen LogP contribution >= 0.6 is 0 Å². The predicted octanol–water partition coefficient (Wildman–Crippen LogP) is 1.31. The molecule has 0 bridgehead atoms. The molecule has 11 heavy (non-hydrogen) atoms. The van der Waals surface area contributed by atoms with Crippen molar-refractivity contribution in [1.29, 1.82) is 0 Å². The van der Waals surface area contributed by atoms with Crippen LogP contribution in [0.4, 0.5) is 0 Å². The average Bonchev–Trinajstić information content (AvgIpc) is 2.08. The fraction of sp³-hybridized carbons (Fsp3) is 0.625. The van der Waals surface area contributed by atoms with Gasteiger partial charge in [-0.05, 0) is 6.92 Å². The molecule has 3 heteroatoms. The van der Waals surface area contributed by atoms with Crippen molar-refractivity contribution in [2.45, 2.75) is 33.1 Å². The number of hydrogen-bond donors (Lipinski definition) is 2. The summed E-state index contributed by atoms with van der Waals surface area (Å²) in [5.74, 6) is 0. The van der Waals surface area contributed by atoms with Crippen LogP contribution in [-0.2, 0) is 5.41 Å². The summed E-state index contributed by atoms with van der Waals surface area (Å²) in [7, 11) is 0. The van der Waals surface area contributed by atoms with E-state index in [0.29, 0.717) is 0 Å². The molecular formula is C8H14N2O. The first-order valence-electron chi connectivity index (χ1n) is 3.70. The van der Waals surface area contributed by atoms with E-state index in [1.54, 1.807) is 0 Å². The predicted molar refractivity (Wildman–Crippen MR) is 44.9 cm³/mol. The number of aromatic amines is 2. The van der Waals surface area contributed by atoms with Crippen molar-refractivity contribution in [2.75, 3.05) is 0 Å². The Labute approximate surface area is 65.8 Å². The average molecular weight is 154 g/mol. The van der Waals surface area contributed by atoms with Crippen LogP contribution in [-0.4, -0.2) is 9.97 Å². The van der Waals surface area contributed by atoms with E-state index in [1.807, 2.05) is 6.92 Å². The van der Waals surface area contributed by atoms with Crippen LogP contribution in [0, 0.1) is 6.92 Å². The van der Waals surface area contributed by atoms with E-state index < -0.39 is 0 Å². The number of aryl methyl sites for hydroxylation is 1. The number of H-pyrrole nitrogens is 2. The van der Waals surface area contributed by atoms with Gasteiger partial charge in [0.15, 0.2) is 0 Å². The summed E-state index contributed by atoms with van der Waals surface area (Å²) in [5.41, 5.74) is 1.82. The Morgan fingerprint density at radius 2 is 1.73 bits per heavy atom. The van der Waals surface area contributed by atoms with Crippen LogP contribution in [0.3, 0.4) is 0 Å². The van der Waals surface area contributed by atoms with Gasteiger partial charge in [0.2, 0.25) is 0 Å². The molecule has 1 aromatic rings. The first-order chi connectivity index (χ1) is 4.91. The van der Waals surface area contributed by atoms with Crippen LogP contribution in [0.15, 0.2) is 4.79 Å². The molecule has 0 atom stereocenters. The van der Waals surface area contributed by atoms with Crippen LogP contribution in [0.1, 0.15) is 32.2 Å². The van der Waals surface area contributed by atoms with Crippen molar-refractivity contribution in [3.05, 3.63) is 21.9 Å². The van der Waals surface area contributed by atoms with Gasteiger partial charge >= 0.3 is 5.69 Å². The molecule has 0 amide bonds. The smallest absolute Gasteiger partial charge is 0.310 e. The molecule has 0 radical (unpaired) electrons. The lowest BCUT2D eigenvalue weighted by Crippen LogP contribution is -2.14. The van der Waals surface area contributed by atoms with Crippen molar-refractivity contribution in [1.82, 2.24) is 9.97 Å². The summed E-state index contributed by atoms with van der Waals surface area (Å²) < 4.78 is 0. The van der Waals surface area contributed by atoms with Gasteiger partial charge < -0.3 is 9.97 Å². The van der Waals surface area contributed by atoms with Gasteiger partial charge in [-0.15, -0.1) is 0 Å². The number of rotatable bonds is 0. The molecular weight excluding hydrogens is 140 g/mol. The summed E-state index contributed by atoms with van der Waals surface area (Å²) in [6, 6.07) is 0. The fourth-order valence-corrected chi connectivity index (χ4v) is 1.22. The summed E-state index contributed by atoms with van der Waals surface area (Å²) >= 11 is 0. The first-order valence-corrected chi connectivity index (χ1v) is 3.70. The molecule has 1 aromatic heterocycles. The van der Waals surface area contributed by atoms with Crippen molar-refractivity contribution in [3.8, 4) is 0 Å². The second-order valence-electron chi connectivity index (χ2n) is 3.83. The summed E-state index contributed by atoms with van der Waals surface area (Å²) in [5, 5.41) is 0. The second kappa shape index (κ2) is 2.26. The van der Waals surface area contributed by atoms with Gasteiger partial charge in [0.1, 0.15) is 0 Å². The maximum atomic E-state index is 10.8. The first kappa shape index (κ1) is 8.11. The van der Waals surface area contributed by atoms with Crippen molar-refractivity contribution in [3.63, 3.8) is 0 Å². The molecule has 1 heterocycles. The van der Waals surface area contributed by atoms with Gasteiger partial charge in [-0.25, -0.2) is 4.79 Å². The Morgan fingerprint density at radius 3 is 1.91 bits per heavy atom. The largest absolute Gasteiger partial charge is 0.323 e. The van der Waals surface area contributed by atoms with Crippen LogP contribution in [0.2, 0.25) is 0 Å². The van der Waals surface area contributed by atoms with E-state index in [1.165, 1.54) is 0 Å². The van der Waals surface area contributed by atoms with E-state index in [-0.39, 0.29) is 11.1 Å². The Bertz CT molecular complexity index is 301. The lowest BCUT2D eigenvalue weighted by atomic mass is 9.91. The molecule has 0 saturated heterocycles. The number of nitrogens with one attached hydrogen (secondary N) is 2. The summed E-state index contributed by atoms with van der Waals surface area (Å²) in [4.78, 5) is 16.3. The van der Waals surface area contributed by atoms with Crippen LogP contribution in [0.5, 0.6) is 0 Å². The highest BCUT2D eigenvalue weighted by Gasteiger charge is 2.18. The Hall–Kier alpha value is -0.990. The van der Waals surface area contributed by atoms with Gasteiger partial charge in [0.05, 0.1) is 0 Å². The number of hydrogen-bond acceptors (Lipinski definition) is 1. The fourth-order valence-electron chi connectivity index (χ4n) is 1.22. The zero-order valence-corrected chi connectivity index (χ0v) is 7.41. The third-order valence-electron chi connectivity index (χ3n) is 1.66. The monoisotopic (exact) mass is 154 g/mol. The minimum Gasteiger partial charge on any atom is -0.310 e. The number of imidazole rings is 1. The quantitative estimate of drug-likeness (QED) is 0.581. The normalized spacial score (nSPS) is 12.0. The van der Waals surface area contributed by atoms with E-state index in [0.717, 1.165) is 11.4 Å². The van der Waals surface area contributed by atoms with Gasteiger partial charge in [0.25, 0.3) is 0 Å². The Kier molecular flexibility index (Phi) is 1.66. The topological polar surface area (TPSA) is 48.6 Å². The van der Waals surface area contributed by atoms with Gasteiger partial charge in [-0.3, -0.25) is 0 Å². The standard InChI is InChI=1S/C8H14N2O/c1-5-6(8(2,3)4)10-7(11)9-5/h1-4H3,(H2,9,10,11). The molecule has 0 unspecified atom stereocenters. The van der Waals surface area contributed by atoms with Gasteiger partial charge in [0, 0.05) is 16.8 Å². The van der Waals surface area contributed by atoms with Crippen LogP contribution < -0.4 is 5.69 Å². The molecule has 0 fully saturated rings. The maximum absolute atomic E-state index is 10.8. The lowest BCUT2D eigenvalue weighted by molar-refractivity contribution is 0.567. The molecule has 0 aliphatic carbocycles. The third-order valence-corrected chi connectivity index (χ3v) is 1.66. The SMILES string of the molecule is Cc1[nH]c(=O)[nH]c1C(C)(C)C. The highest BCUT2D eigenvalue weighted by Crippen LogP contribution is 2.20. The summed E-state index contributed by atoms with van der Waals surface area (Å²) in [6.45, 7) is 8.11. The minimum absolute atomic E-state index is 0.0171. The van der Waals surface area contributed by atoms with E-state index in [2.05, 4.69) is 30.7 Å². The molecule has 0 spiro atoms. The zero-order chi connectivity index (χ0) is 8.65. The highest BCUT2D eigenvalue weighted by molar-refractivity contribution is 5.17. The van der Waals surface area contributed by atoms with Crippen molar-refractivity contribution in [2.24, 2.45) is 0 Å². The molecule has 1 rings (SSSR count). The zero-order valence-electron chi connectivity index (χ0n) is 7.41. The Balaban J connectivity index is 3.24. The second-order valence-corrected chi connectivity index (χ2v) is 3.83. The highest BCUT2D eigenvalue weighted by atomic mass is 16.1. The van der Waals surface area contributed by atoms with Gasteiger partial charge in [-0.1, -0.05) is 20.8 Å². The molecule has 0 saturated carbocycles. The van der Waals surface area contributed by atoms with Crippen molar-refractivity contribution >= 4 is 0 Å². The lowest BCUT2D eigenvalue weighted by Gasteiger charge is -2.16. The van der Waals surface area contributed by atoms with E-state index in [4.69, 9.17) is 0 Å². The minimum atomic E-state index is -0.118. The number of aromatic nitrogens is 2. The van der Waals surface area contributed by atoms with E-state index in [9.17, 15) is 4.79 Å². The molecule has 2 N–H and O–H groups in total. The van der Waals surface area contributed by atoms with Gasteiger partial charge in [-0.2, -0.15) is 0 Å². The van der Waals surface area contributed by atoms with Crippen molar-refractivity contribution < 1.29 is 0 Å². The summed E-state index contributed by atoms with van der Waals surface area (Å²) in [6.07, 6.45) is 0. The van der Waals surface area contributed by atoms with Crippen LogP contribution in [0.25, 0.3) is 0 Å². The molecule has 0 aliphatic heterocycles. The third kappa shape index (κ3) is 1.53.